The van der Waals surface area contributed by atoms with Gasteiger partial charge in [0, 0.05) is 13.0 Å². The molecule has 0 saturated carbocycles. The van der Waals surface area contributed by atoms with Gasteiger partial charge in [0.1, 0.15) is 5.75 Å². The number of methoxy groups -OCH3 is 1. The van der Waals surface area contributed by atoms with Gasteiger partial charge in [0.15, 0.2) is 0 Å². The van der Waals surface area contributed by atoms with Crippen molar-refractivity contribution >= 4 is 0 Å². The molecule has 0 aliphatic rings. The fourth-order valence-electron chi connectivity index (χ4n) is 1.67. The second-order valence-corrected chi connectivity index (χ2v) is 3.71. The summed E-state index contributed by atoms with van der Waals surface area (Å²) >= 11 is 0. The van der Waals surface area contributed by atoms with Gasteiger partial charge < -0.3 is 14.9 Å². The zero-order valence-electron chi connectivity index (χ0n) is 9.45. The molecule has 1 aromatic carbocycles. The fraction of sp³-hybridized carbons (Fsp3) is 0.500. The van der Waals surface area contributed by atoms with Crippen LogP contribution < -0.4 is 4.74 Å². The van der Waals surface area contributed by atoms with Crippen LogP contribution in [0.5, 0.6) is 5.75 Å². The van der Waals surface area contributed by atoms with E-state index in [1.54, 1.807) is 7.11 Å². The van der Waals surface area contributed by atoms with E-state index in [0.29, 0.717) is 6.42 Å². The molecule has 0 heterocycles. The van der Waals surface area contributed by atoms with E-state index in [1.165, 1.54) is 0 Å². The molecule has 1 atom stereocenters. The third-order valence-corrected chi connectivity index (χ3v) is 2.55. The molecule has 2 N–H and O–H groups in total. The summed E-state index contributed by atoms with van der Waals surface area (Å²) in [7, 11) is 1.63. The minimum absolute atomic E-state index is 0.00825. The quantitative estimate of drug-likeness (QED) is 0.795. The molecule has 0 saturated heterocycles. The van der Waals surface area contributed by atoms with Crippen molar-refractivity contribution in [2.24, 2.45) is 0 Å². The van der Waals surface area contributed by atoms with Gasteiger partial charge in [-0.15, -0.1) is 0 Å². The molecular formula is C12H18O3. The molecule has 0 fully saturated rings. The van der Waals surface area contributed by atoms with Crippen molar-refractivity contribution in [1.29, 1.82) is 0 Å². The van der Waals surface area contributed by atoms with Crippen molar-refractivity contribution in [2.75, 3.05) is 13.7 Å². The van der Waals surface area contributed by atoms with Crippen molar-refractivity contribution in [3.63, 3.8) is 0 Å². The van der Waals surface area contributed by atoms with Gasteiger partial charge in [-0.1, -0.05) is 0 Å². The normalized spacial score (nSPS) is 12.6. The van der Waals surface area contributed by atoms with E-state index < -0.39 is 6.10 Å². The average molecular weight is 210 g/mol. The summed E-state index contributed by atoms with van der Waals surface area (Å²) in [5, 5.41) is 18.6. The molecule has 1 aromatic rings. The van der Waals surface area contributed by atoms with E-state index in [4.69, 9.17) is 9.84 Å². The summed E-state index contributed by atoms with van der Waals surface area (Å²) in [5.41, 5.74) is 2.84. The van der Waals surface area contributed by atoms with Crippen LogP contribution in [0.25, 0.3) is 0 Å². The van der Waals surface area contributed by atoms with Gasteiger partial charge in [-0.3, -0.25) is 0 Å². The summed E-state index contributed by atoms with van der Waals surface area (Å²) in [5.74, 6) is 0.826. The standard InChI is InChI=1S/C12H18O3/c1-8-7-12(15-3)9(2)6-10(8)11(14)4-5-13/h6-7,11,13-14H,4-5H2,1-3H3. The lowest BCUT2D eigenvalue weighted by Crippen LogP contribution is -2.03. The van der Waals surface area contributed by atoms with E-state index >= 15 is 0 Å². The van der Waals surface area contributed by atoms with Gasteiger partial charge in [-0.25, -0.2) is 0 Å². The minimum atomic E-state index is -0.598. The van der Waals surface area contributed by atoms with Crippen molar-refractivity contribution in [1.82, 2.24) is 0 Å². The van der Waals surface area contributed by atoms with Gasteiger partial charge in [-0.05, 0) is 42.7 Å². The predicted octanol–water partition coefficient (Wildman–Crippen LogP) is 1.73. The largest absolute Gasteiger partial charge is 0.496 e. The summed E-state index contributed by atoms with van der Waals surface area (Å²) in [6, 6.07) is 3.82. The summed E-state index contributed by atoms with van der Waals surface area (Å²) in [4.78, 5) is 0. The Kier molecular flexibility index (Phi) is 4.12. The first-order valence-corrected chi connectivity index (χ1v) is 5.04. The van der Waals surface area contributed by atoms with E-state index in [-0.39, 0.29) is 6.61 Å². The smallest absolute Gasteiger partial charge is 0.122 e. The van der Waals surface area contributed by atoms with E-state index in [2.05, 4.69) is 0 Å². The molecule has 0 amide bonds. The molecule has 0 aliphatic carbocycles. The Morgan fingerprint density at radius 3 is 2.47 bits per heavy atom. The number of rotatable bonds is 4. The van der Waals surface area contributed by atoms with Crippen LogP contribution in [-0.2, 0) is 0 Å². The van der Waals surface area contributed by atoms with Crippen LogP contribution in [0.4, 0.5) is 0 Å². The molecular weight excluding hydrogens is 192 g/mol. The Hall–Kier alpha value is -1.06. The number of benzene rings is 1. The highest BCUT2D eigenvalue weighted by Gasteiger charge is 2.12. The van der Waals surface area contributed by atoms with Crippen LogP contribution in [0.2, 0.25) is 0 Å². The van der Waals surface area contributed by atoms with Gasteiger partial charge in [0.05, 0.1) is 13.2 Å². The highest BCUT2D eigenvalue weighted by molar-refractivity contribution is 5.42. The second-order valence-electron chi connectivity index (χ2n) is 3.71. The van der Waals surface area contributed by atoms with Crippen LogP contribution in [-0.4, -0.2) is 23.9 Å². The van der Waals surface area contributed by atoms with Crippen molar-refractivity contribution < 1.29 is 14.9 Å². The van der Waals surface area contributed by atoms with Crippen molar-refractivity contribution in [3.8, 4) is 5.75 Å². The van der Waals surface area contributed by atoms with Crippen molar-refractivity contribution in [3.05, 3.63) is 28.8 Å². The number of ether oxygens (including phenoxy) is 1. The third-order valence-electron chi connectivity index (χ3n) is 2.55. The van der Waals surface area contributed by atoms with Gasteiger partial charge >= 0.3 is 0 Å². The van der Waals surface area contributed by atoms with Crippen LogP contribution in [0.1, 0.15) is 29.2 Å². The molecule has 1 rings (SSSR count). The highest BCUT2D eigenvalue weighted by atomic mass is 16.5. The van der Waals surface area contributed by atoms with Crippen LogP contribution >= 0.6 is 0 Å². The lowest BCUT2D eigenvalue weighted by atomic mass is 9.98. The maximum atomic E-state index is 9.79. The molecule has 0 aromatic heterocycles. The molecule has 1 unspecified atom stereocenters. The fourth-order valence-corrected chi connectivity index (χ4v) is 1.67. The number of hydrogen-bond acceptors (Lipinski definition) is 3. The summed E-state index contributed by atoms with van der Waals surface area (Å²) < 4.78 is 5.19. The lowest BCUT2D eigenvalue weighted by molar-refractivity contribution is 0.133. The Morgan fingerprint density at radius 2 is 1.93 bits per heavy atom. The first-order chi connectivity index (χ1) is 7.10. The Balaban J connectivity index is 3.04. The number of aryl methyl sites for hydroxylation is 2. The predicted molar refractivity (Wildman–Crippen MR) is 59.1 cm³/mol. The zero-order chi connectivity index (χ0) is 11.4. The van der Waals surface area contributed by atoms with Gasteiger partial charge in [0.25, 0.3) is 0 Å². The highest BCUT2D eigenvalue weighted by Crippen LogP contribution is 2.27. The van der Waals surface area contributed by atoms with E-state index in [9.17, 15) is 5.11 Å². The molecule has 0 radical (unpaired) electrons. The molecule has 0 aliphatic heterocycles. The van der Waals surface area contributed by atoms with Gasteiger partial charge in [-0.2, -0.15) is 0 Å². The Labute approximate surface area is 90.3 Å². The Morgan fingerprint density at radius 1 is 1.27 bits per heavy atom. The second kappa shape index (κ2) is 5.14. The molecule has 3 heteroatoms. The van der Waals surface area contributed by atoms with Crippen LogP contribution in [0.3, 0.4) is 0 Å². The Bertz CT molecular complexity index is 334. The van der Waals surface area contributed by atoms with Crippen molar-refractivity contribution in [2.45, 2.75) is 26.4 Å². The number of aliphatic hydroxyl groups excluding tert-OH is 2. The summed E-state index contributed by atoms with van der Waals surface area (Å²) in [6.45, 7) is 3.86. The van der Waals surface area contributed by atoms with E-state index in [0.717, 1.165) is 22.4 Å². The molecule has 3 nitrogen and oxygen atoms in total. The maximum Gasteiger partial charge on any atom is 0.122 e. The zero-order valence-corrected chi connectivity index (χ0v) is 9.45. The molecule has 84 valence electrons. The van der Waals surface area contributed by atoms with E-state index in [1.807, 2.05) is 26.0 Å². The van der Waals surface area contributed by atoms with Crippen LogP contribution in [0, 0.1) is 13.8 Å². The third kappa shape index (κ3) is 2.70. The molecule has 0 spiro atoms. The minimum Gasteiger partial charge on any atom is -0.496 e. The average Bonchev–Trinajstić information content (AvgIpc) is 2.21. The lowest BCUT2D eigenvalue weighted by Gasteiger charge is -2.15. The van der Waals surface area contributed by atoms with Gasteiger partial charge in [0.2, 0.25) is 0 Å². The first kappa shape index (κ1) is 12.0. The van der Waals surface area contributed by atoms with Crippen LogP contribution in [0.15, 0.2) is 12.1 Å². The number of hydrogen-bond donors (Lipinski definition) is 2. The molecule has 15 heavy (non-hydrogen) atoms. The maximum absolute atomic E-state index is 9.79. The number of aliphatic hydroxyl groups is 2. The molecule has 0 bridgehead atoms. The SMILES string of the molecule is COc1cc(C)c(C(O)CCO)cc1C. The summed E-state index contributed by atoms with van der Waals surface area (Å²) in [6.07, 6.45) is -0.230. The monoisotopic (exact) mass is 210 g/mol. The topological polar surface area (TPSA) is 49.7 Å². The first-order valence-electron chi connectivity index (χ1n) is 5.04.